The Kier molecular flexibility index (Phi) is 11.3. The van der Waals surface area contributed by atoms with E-state index in [9.17, 15) is 0 Å². The minimum atomic E-state index is 0. The number of imidazole rings is 1. The van der Waals surface area contributed by atoms with Crippen LogP contribution in [0.5, 0.6) is 0 Å². The number of unbranched alkanes of at least 4 members (excludes halogenated alkanes) is 7. The molecule has 0 atom stereocenters. The number of aromatic nitrogens is 2. The van der Waals surface area contributed by atoms with E-state index in [1.807, 2.05) is 0 Å². The Hall–Kier alpha value is -0.670. The predicted molar refractivity (Wildman–Crippen MR) is 103 cm³/mol. The molecule has 0 spiro atoms. The third kappa shape index (κ3) is 6.68. The van der Waals surface area contributed by atoms with Crippen LogP contribution in [-0.4, -0.2) is 10.3 Å². The van der Waals surface area contributed by atoms with Gasteiger partial charge in [0.25, 0.3) is 0 Å². The maximum absolute atomic E-state index is 2.40. The molecule has 0 saturated carbocycles. The molecule has 0 bridgehead atoms. The van der Waals surface area contributed by atoms with E-state index in [0.717, 1.165) is 12.4 Å². The van der Waals surface area contributed by atoms with Gasteiger partial charge >= 0.3 is 0 Å². The largest absolute Gasteiger partial charge is 1.00 e. The van der Waals surface area contributed by atoms with Gasteiger partial charge in [0, 0.05) is 0 Å². The van der Waals surface area contributed by atoms with Crippen molar-refractivity contribution in [2.24, 2.45) is 0 Å². The van der Waals surface area contributed by atoms with Crippen LogP contribution in [0, 0.1) is 0 Å². The lowest BCUT2D eigenvalue weighted by Gasteiger charge is -2.02. The Bertz CT molecular complexity index is 568. The van der Waals surface area contributed by atoms with Crippen molar-refractivity contribution in [1.82, 2.24) is 4.57 Å². The van der Waals surface area contributed by atoms with Crippen LogP contribution in [-0.2, 0) is 12.4 Å². The van der Waals surface area contributed by atoms with Crippen molar-refractivity contribution < 1.29 is 17.0 Å². The molecule has 0 aliphatic rings. The van der Waals surface area contributed by atoms with E-state index in [4.69, 9.17) is 0 Å². The summed E-state index contributed by atoms with van der Waals surface area (Å²) in [5.41, 5.74) is 2.71. The zero-order chi connectivity index (χ0) is 16.3. The number of rotatable bonds is 12. The highest BCUT2D eigenvalue weighted by molar-refractivity contribution is 7.98. The first-order valence-corrected chi connectivity index (χ1v) is 10.6. The summed E-state index contributed by atoms with van der Waals surface area (Å²) in [5, 5.41) is 0. The van der Waals surface area contributed by atoms with Crippen molar-refractivity contribution in [2.45, 2.75) is 77.6 Å². The van der Waals surface area contributed by atoms with Crippen molar-refractivity contribution in [3.8, 4) is 0 Å². The zero-order valence-corrected chi connectivity index (χ0v) is 16.9. The average Bonchev–Trinajstić information content (AvgIpc) is 2.95. The van der Waals surface area contributed by atoms with Crippen molar-refractivity contribution >= 4 is 22.8 Å². The quantitative estimate of drug-likeness (QED) is 0.413. The fraction of sp³-hybridized carbons (Fsp3) is 0.650. The van der Waals surface area contributed by atoms with Crippen LogP contribution in [0.4, 0.5) is 0 Å². The van der Waals surface area contributed by atoms with Gasteiger partial charge in [-0.3, -0.25) is 0 Å². The van der Waals surface area contributed by atoms with Crippen molar-refractivity contribution in [1.29, 1.82) is 0 Å². The minimum absolute atomic E-state index is 0. The van der Waals surface area contributed by atoms with Gasteiger partial charge < -0.3 is 12.4 Å². The van der Waals surface area contributed by atoms with E-state index >= 15 is 0 Å². The van der Waals surface area contributed by atoms with Crippen molar-refractivity contribution in [3.63, 3.8) is 0 Å². The number of benzene rings is 1. The molecule has 0 radical (unpaired) electrons. The Morgan fingerprint density at radius 1 is 0.917 bits per heavy atom. The third-order valence-electron chi connectivity index (χ3n) is 4.49. The Morgan fingerprint density at radius 2 is 1.58 bits per heavy atom. The van der Waals surface area contributed by atoms with E-state index in [-0.39, 0.29) is 12.4 Å². The number of halogens is 1. The van der Waals surface area contributed by atoms with Crippen LogP contribution in [0.1, 0.15) is 65.2 Å². The first-order chi connectivity index (χ1) is 11.4. The number of thioether (sulfide) groups is 1. The molecular weight excluding hydrogens is 336 g/mol. The summed E-state index contributed by atoms with van der Waals surface area (Å²) >= 11 is 2.07. The van der Waals surface area contributed by atoms with Crippen LogP contribution in [0.2, 0.25) is 0 Å². The monoisotopic (exact) mass is 368 g/mol. The number of para-hydroxylation sites is 2. The molecule has 0 N–H and O–H groups in total. The first-order valence-electron chi connectivity index (χ1n) is 9.41. The SMILES string of the molecule is CCCCCCCCCCSC[n+]1cn(CC)c2ccccc21.[Cl-]. The van der Waals surface area contributed by atoms with Gasteiger partial charge in [0.2, 0.25) is 6.33 Å². The summed E-state index contributed by atoms with van der Waals surface area (Å²) in [6, 6.07) is 8.73. The molecule has 0 saturated heterocycles. The lowest BCUT2D eigenvalue weighted by molar-refractivity contribution is -0.650. The Morgan fingerprint density at radius 3 is 2.29 bits per heavy atom. The molecule has 0 unspecified atom stereocenters. The van der Waals surface area contributed by atoms with Gasteiger partial charge in [0.1, 0.15) is 5.88 Å². The highest BCUT2D eigenvalue weighted by Gasteiger charge is 2.13. The van der Waals surface area contributed by atoms with E-state index in [1.54, 1.807) is 0 Å². The van der Waals surface area contributed by atoms with Crippen LogP contribution in [0.15, 0.2) is 30.6 Å². The normalized spacial score (nSPS) is 10.9. The number of hydrogen-bond donors (Lipinski definition) is 0. The summed E-state index contributed by atoms with van der Waals surface area (Å²) < 4.78 is 4.74. The molecule has 0 aliphatic heterocycles. The van der Waals surface area contributed by atoms with Crippen LogP contribution in [0.3, 0.4) is 0 Å². The summed E-state index contributed by atoms with van der Waals surface area (Å²) in [6.07, 6.45) is 13.5. The summed E-state index contributed by atoms with van der Waals surface area (Å²) in [6.45, 7) is 5.54. The van der Waals surface area contributed by atoms with Gasteiger partial charge in [-0.1, -0.05) is 64.0 Å². The van der Waals surface area contributed by atoms with Crippen molar-refractivity contribution in [3.05, 3.63) is 30.6 Å². The van der Waals surface area contributed by atoms with Crippen LogP contribution in [0.25, 0.3) is 11.0 Å². The highest BCUT2D eigenvalue weighted by atomic mass is 35.5. The fourth-order valence-corrected chi connectivity index (χ4v) is 4.04. The standard InChI is InChI=1S/C20H33N2S.ClH/c1-3-5-6-7-8-9-10-13-16-23-18-22-17-21(4-2)19-14-11-12-15-20(19)22;/h11-12,14-15,17H,3-10,13,16,18H2,1-2H3;1H/q+1;/p-1. The lowest BCUT2D eigenvalue weighted by atomic mass is 10.1. The number of aryl methyl sites for hydroxylation is 1. The molecule has 2 aromatic rings. The van der Waals surface area contributed by atoms with Gasteiger partial charge in [-0.2, -0.15) is 0 Å². The van der Waals surface area contributed by atoms with Crippen molar-refractivity contribution in [2.75, 3.05) is 5.75 Å². The highest BCUT2D eigenvalue weighted by Crippen LogP contribution is 2.14. The van der Waals surface area contributed by atoms with Gasteiger partial charge in [-0.15, -0.1) is 11.8 Å². The molecule has 0 amide bonds. The average molecular weight is 369 g/mol. The van der Waals surface area contributed by atoms with E-state index in [0.29, 0.717) is 0 Å². The number of fused-ring (bicyclic) bond motifs is 1. The zero-order valence-electron chi connectivity index (χ0n) is 15.3. The van der Waals surface area contributed by atoms with Gasteiger partial charge in [0.15, 0.2) is 11.0 Å². The predicted octanol–water partition coefficient (Wildman–Crippen LogP) is 2.78. The second-order valence-corrected chi connectivity index (χ2v) is 7.45. The first kappa shape index (κ1) is 21.4. The number of hydrogen-bond acceptors (Lipinski definition) is 1. The van der Waals surface area contributed by atoms with E-state index < -0.39 is 0 Å². The van der Waals surface area contributed by atoms with E-state index in [2.05, 4.69) is 65.3 Å². The molecule has 1 aromatic heterocycles. The van der Waals surface area contributed by atoms with Gasteiger partial charge in [-0.05, 0) is 31.2 Å². The Balaban J connectivity index is 0.00000288. The van der Waals surface area contributed by atoms with Crippen LogP contribution >= 0.6 is 11.8 Å². The maximum Gasteiger partial charge on any atom is 0.245 e. The second kappa shape index (κ2) is 12.7. The minimum Gasteiger partial charge on any atom is -1.00 e. The van der Waals surface area contributed by atoms with Gasteiger partial charge in [0.05, 0.1) is 6.54 Å². The molecule has 1 aromatic carbocycles. The molecule has 1 heterocycles. The second-order valence-electron chi connectivity index (χ2n) is 6.37. The molecule has 24 heavy (non-hydrogen) atoms. The van der Waals surface area contributed by atoms with Crippen LogP contribution < -0.4 is 17.0 Å². The summed E-state index contributed by atoms with van der Waals surface area (Å²) in [4.78, 5) is 0. The van der Waals surface area contributed by atoms with Gasteiger partial charge in [-0.25, -0.2) is 9.13 Å². The third-order valence-corrected chi connectivity index (χ3v) is 5.53. The lowest BCUT2D eigenvalue weighted by Crippen LogP contribution is -3.00. The molecule has 0 fully saturated rings. The maximum atomic E-state index is 2.40. The molecule has 2 rings (SSSR count). The summed E-state index contributed by atoms with van der Waals surface area (Å²) in [7, 11) is 0. The summed E-state index contributed by atoms with van der Waals surface area (Å²) in [5.74, 6) is 2.36. The molecule has 136 valence electrons. The Labute approximate surface area is 158 Å². The fourth-order valence-electron chi connectivity index (χ4n) is 3.10. The molecule has 2 nitrogen and oxygen atoms in total. The molecule has 4 heteroatoms. The number of nitrogens with zero attached hydrogens (tertiary/aromatic N) is 2. The van der Waals surface area contributed by atoms with E-state index in [1.165, 1.54) is 68.2 Å². The molecular formula is C20H33ClN2S. The smallest absolute Gasteiger partial charge is 0.245 e. The molecule has 0 aliphatic carbocycles. The topological polar surface area (TPSA) is 8.81 Å².